The van der Waals surface area contributed by atoms with Crippen LogP contribution in [0.2, 0.25) is 0 Å². The molecule has 41 heavy (non-hydrogen) atoms. The van der Waals surface area contributed by atoms with E-state index in [0.29, 0.717) is 42.7 Å². The molecule has 2 aliphatic heterocycles. The molecule has 0 saturated carbocycles. The van der Waals surface area contributed by atoms with Crippen molar-refractivity contribution in [3.63, 3.8) is 0 Å². The number of piperidine rings is 1. The molecule has 0 spiro atoms. The van der Waals surface area contributed by atoms with Crippen LogP contribution in [0.15, 0.2) is 84.9 Å². The highest BCUT2D eigenvalue weighted by Crippen LogP contribution is 2.44. The maximum Gasteiger partial charge on any atom is 0.347 e. The molecule has 3 aromatic carbocycles. The molecule has 2 saturated heterocycles. The summed E-state index contributed by atoms with van der Waals surface area (Å²) in [5.74, 6) is -0.764. The zero-order chi connectivity index (χ0) is 28.2. The van der Waals surface area contributed by atoms with E-state index in [9.17, 15) is 14.7 Å². The molecule has 0 radical (unpaired) electrons. The van der Waals surface area contributed by atoms with Crippen molar-refractivity contribution < 1.29 is 45.6 Å². The van der Waals surface area contributed by atoms with E-state index in [1.54, 1.807) is 24.3 Å². The SMILES string of the molecule is CCOC(=O)CCc1ccc(C[N+]2(C)[C@@H]3CC[C@H]2CC(OC(=O)C(O)(c2ccccc2)c2ccccc2)C3)cc1.[Br-]. The van der Waals surface area contributed by atoms with Gasteiger partial charge in [-0.05, 0) is 30.0 Å². The van der Waals surface area contributed by atoms with E-state index in [0.717, 1.165) is 42.3 Å². The molecule has 4 atom stereocenters. The first-order chi connectivity index (χ1) is 19.3. The van der Waals surface area contributed by atoms with E-state index >= 15 is 0 Å². The monoisotopic (exact) mass is 621 g/mol. The summed E-state index contributed by atoms with van der Waals surface area (Å²) in [6, 6.07) is 27.5. The van der Waals surface area contributed by atoms with Crippen molar-refractivity contribution in [2.24, 2.45) is 0 Å². The second-order valence-electron chi connectivity index (χ2n) is 11.5. The molecule has 0 amide bonds. The maximum atomic E-state index is 13.7. The van der Waals surface area contributed by atoms with Gasteiger partial charge in [0.1, 0.15) is 12.6 Å². The van der Waals surface area contributed by atoms with E-state index in [-0.39, 0.29) is 29.1 Å². The van der Waals surface area contributed by atoms with Crippen LogP contribution in [0.3, 0.4) is 0 Å². The van der Waals surface area contributed by atoms with Crippen LogP contribution in [-0.4, -0.2) is 53.4 Å². The number of carbonyl (C=O) groups excluding carboxylic acids is 2. The molecular formula is C34H40BrNO5. The molecule has 6 nitrogen and oxygen atoms in total. The van der Waals surface area contributed by atoms with Gasteiger partial charge in [-0.25, -0.2) is 4.79 Å². The quantitative estimate of drug-likeness (QED) is 0.278. The van der Waals surface area contributed by atoms with Crippen molar-refractivity contribution in [3.8, 4) is 0 Å². The topological polar surface area (TPSA) is 72.8 Å². The average Bonchev–Trinajstić information content (AvgIpc) is 3.12. The smallest absolute Gasteiger partial charge is 0.347 e. The number of halogens is 1. The van der Waals surface area contributed by atoms with E-state index in [4.69, 9.17) is 9.47 Å². The highest BCUT2D eigenvalue weighted by molar-refractivity contribution is 5.85. The zero-order valence-electron chi connectivity index (χ0n) is 23.9. The number of hydrogen-bond acceptors (Lipinski definition) is 5. The summed E-state index contributed by atoms with van der Waals surface area (Å²) in [6.07, 6.45) is 4.64. The Morgan fingerprint density at radius 3 is 1.88 bits per heavy atom. The summed E-state index contributed by atoms with van der Waals surface area (Å²) in [4.78, 5) is 25.4. The van der Waals surface area contributed by atoms with E-state index in [1.165, 1.54) is 5.56 Å². The predicted octanol–water partition coefficient (Wildman–Crippen LogP) is 2.31. The third-order valence-electron chi connectivity index (χ3n) is 8.99. The Bertz CT molecular complexity index is 1240. The normalized spacial score (nSPS) is 23.3. The average molecular weight is 623 g/mol. The largest absolute Gasteiger partial charge is 1.00 e. The van der Waals surface area contributed by atoms with Crippen LogP contribution in [0.25, 0.3) is 0 Å². The third kappa shape index (κ3) is 6.58. The van der Waals surface area contributed by atoms with Crippen molar-refractivity contribution in [1.82, 2.24) is 0 Å². The Balaban J connectivity index is 0.00000387. The Kier molecular flexibility index (Phi) is 10.1. The lowest BCUT2D eigenvalue weighted by Gasteiger charge is -2.47. The van der Waals surface area contributed by atoms with Gasteiger partial charge < -0.3 is 36.0 Å². The highest BCUT2D eigenvalue weighted by atomic mass is 79.9. The number of aryl methyl sites for hydroxylation is 1. The predicted molar refractivity (Wildman–Crippen MR) is 153 cm³/mol. The van der Waals surface area contributed by atoms with Crippen LogP contribution < -0.4 is 17.0 Å². The number of aliphatic hydroxyl groups is 1. The van der Waals surface area contributed by atoms with Crippen molar-refractivity contribution in [2.45, 2.75) is 75.8 Å². The number of ether oxygens (including phenoxy) is 2. The van der Waals surface area contributed by atoms with Gasteiger partial charge in [0.25, 0.3) is 0 Å². The summed E-state index contributed by atoms with van der Waals surface area (Å²) in [5, 5.41) is 11.8. The third-order valence-corrected chi connectivity index (χ3v) is 8.99. The maximum absolute atomic E-state index is 13.7. The van der Waals surface area contributed by atoms with Crippen LogP contribution >= 0.6 is 0 Å². The fourth-order valence-corrected chi connectivity index (χ4v) is 6.73. The minimum atomic E-state index is -1.85. The number of carbonyl (C=O) groups is 2. The lowest BCUT2D eigenvalue weighted by Crippen LogP contribution is -3.00. The van der Waals surface area contributed by atoms with E-state index in [2.05, 4.69) is 31.3 Å². The molecule has 2 heterocycles. The Morgan fingerprint density at radius 1 is 0.854 bits per heavy atom. The van der Waals surface area contributed by atoms with Crippen LogP contribution in [-0.2, 0) is 37.6 Å². The molecule has 0 aliphatic carbocycles. The minimum absolute atomic E-state index is 0. The first-order valence-corrected chi connectivity index (χ1v) is 14.5. The van der Waals surface area contributed by atoms with Crippen LogP contribution in [0, 0.1) is 0 Å². The number of benzene rings is 3. The standard InChI is InChI=1S/C34H40NO5.BrH/c1-3-39-32(36)21-18-25-14-16-26(17-15-25)24-35(2)29-19-20-30(35)23-31(22-29)40-33(37)34(38,27-10-6-4-7-11-27)28-12-8-5-9-13-28;/h4-17,29-31,38H,3,18-24H2,1-2H3;1H/q+1;/p-1/t29-,30+,31?,35?;. The number of esters is 2. The first-order valence-electron chi connectivity index (χ1n) is 14.5. The fourth-order valence-electron chi connectivity index (χ4n) is 6.73. The van der Waals surface area contributed by atoms with Crippen LogP contribution in [0.4, 0.5) is 0 Å². The van der Waals surface area contributed by atoms with Gasteiger partial charge in [-0.3, -0.25) is 4.79 Å². The Labute approximate surface area is 253 Å². The van der Waals surface area contributed by atoms with Gasteiger partial charge in [0.15, 0.2) is 0 Å². The van der Waals surface area contributed by atoms with Gasteiger partial charge in [-0.2, -0.15) is 0 Å². The molecule has 2 unspecified atom stereocenters. The summed E-state index contributed by atoms with van der Waals surface area (Å²) in [5.41, 5.74) is 1.58. The molecule has 3 aromatic rings. The number of hydrogen-bond donors (Lipinski definition) is 1. The molecular weight excluding hydrogens is 582 g/mol. The van der Waals surface area contributed by atoms with Crippen molar-refractivity contribution in [2.75, 3.05) is 13.7 Å². The molecule has 5 rings (SSSR count). The summed E-state index contributed by atoms with van der Waals surface area (Å²) in [6.45, 7) is 3.16. The Hall–Kier alpha value is -3.00. The molecule has 0 aromatic heterocycles. The number of nitrogens with zero attached hydrogens (tertiary/aromatic N) is 1. The molecule has 7 heteroatoms. The number of quaternary nitrogens is 1. The number of rotatable bonds is 10. The number of fused-ring (bicyclic) bond motifs is 2. The molecule has 1 N–H and O–H groups in total. The van der Waals surface area contributed by atoms with Gasteiger partial charge in [-0.1, -0.05) is 84.9 Å². The first kappa shape index (κ1) is 30.9. The molecule has 2 bridgehead atoms. The lowest BCUT2D eigenvalue weighted by molar-refractivity contribution is -0.961. The van der Waals surface area contributed by atoms with Crippen LogP contribution in [0.1, 0.15) is 61.3 Å². The summed E-state index contributed by atoms with van der Waals surface area (Å²) in [7, 11) is 2.33. The van der Waals surface area contributed by atoms with Crippen LogP contribution in [0.5, 0.6) is 0 Å². The highest BCUT2D eigenvalue weighted by Gasteiger charge is 2.53. The summed E-state index contributed by atoms with van der Waals surface area (Å²) < 4.78 is 12.1. The minimum Gasteiger partial charge on any atom is -1.00 e. The van der Waals surface area contributed by atoms with E-state index < -0.39 is 11.6 Å². The van der Waals surface area contributed by atoms with Gasteiger partial charge in [0.2, 0.25) is 5.60 Å². The van der Waals surface area contributed by atoms with Gasteiger partial charge in [-0.15, -0.1) is 0 Å². The lowest BCUT2D eigenvalue weighted by atomic mass is 9.86. The van der Waals surface area contributed by atoms with Gasteiger partial charge in [0, 0.05) is 37.7 Å². The molecule has 2 fully saturated rings. The molecule has 2 aliphatic rings. The van der Waals surface area contributed by atoms with Crippen molar-refractivity contribution in [3.05, 3.63) is 107 Å². The Morgan fingerprint density at radius 2 is 1.37 bits per heavy atom. The van der Waals surface area contributed by atoms with Crippen molar-refractivity contribution in [1.29, 1.82) is 0 Å². The second-order valence-corrected chi connectivity index (χ2v) is 11.5. The fraction of sp³-hybridized carbons (Fsp3) is 0.412. The van der Waals surface area contributed by atoms with Gasteiger partial charge >= 0.3 is 11.9 Å². The second kappa shape index (κ2) is 13.3. The van der Waals surface area contributed by atoms with Crippen molar-refractivity contribution >= 4 is 11.9 Å². The van der Waals surface area contributed by atoms with Gasteiger partial charge in [0.05, 0.1) is 25.7 Å². The van der Waals surface area contributed by atoms with E-state index in [1.807, 2.05) is 43.3 Å². The summed E-state index contributed by atoms with van der Waals surface area (Å²) >= 11 is 0. The zero-order valence-corrected chi connectivity index (χ0v) is 25.5. The molecule has 218 valence electrons.